The summed E-state index contributed by atoms with van der Waals surface area (Å²) in [6, 6.07) is 9.29. The molecule has 4 heterocycles. The summed E-state index contributed by atoms with van der Waals surface area (Å²) in [5.74, 6) is -5.66. The van der Waals surface area contributed by atoms with Gasteiger partial charge in [-0.1, -0.05) is 30.3 Å². The Hall–Kier alpha value is -2.20. The van der Waals surface area contributed by atoms with E-state index in [2.05, 4.69) is 0 Å². The van der Waals surface area contributed by atoms with E-state index in [-0.39, 0.29) is 19.8 Å². The number of benzene rings is 1. The summed E-state index contributed by atoms with van der Waals surface area (Å²) in [7, 11) is 0. The van der Waals surface area contributed by atoms with Crippen LogP contribution in [0.4, 0.5) is 0 Å². The van der Waals surface area contributed by atoms with Gasteiger partial charge in [-0.15, -0.1) is 0 Å². The monoisotopic (exact) mass is 624 g/mol. The molecule has 0 spiro atoms. The van der Waals surface area contributed by atoms with Gasteiger partial charge in [0.05, 0.1) is 6.61 Å². The van der Waals surface area contributed by atoms with Crippen molar-refractivity contribution in [2.24, 2.45) is 0 Å². The Morgan fingerprint density at radius 3 is 1.57 bits per heavy atom. The van der Waals surface area contributed by atoms with E-state index in [0.29, 0.717) is 0 Å². The predicted octanol–water partition coefficient (Wildman–Crippen LogP) is 2.35. The van der Waals surface area contributed by atoms with Crippen LogP contribution in [0.2, 0.25) is 0 Å². The van der Waals surface area contributed by atoms with Crippen LogP contribution in [0, 0.1) is 0 Å². The van der Waals surface area contributed by atoms with Crippen LogP contribution in [-0.4, -0.2) is 102 Å². The first-order valence-corrected chi connectivity index (χ1v) is 14.9. The van der Waals surface area contributed by atoms with Gasteiger partial charge in [0, 0.05) is 0 Å². The molecule has 1 N–H and O–H groups in total. The number of esters is 2. The summed E-state index contributed by atoms with van der Waals surface area (Å²) in [4.78, 5) is 26.7. The molecule has 8 atom stereocenters. The maximum Gasteiger partial charge on any atom is 0.338 e. The minimum absolute atomic E-state index is 0.0618. The molecule has 44 heavy (non-hydrogen) atoms. The van der Waals surface area contributed by atoms with E-state index < -0.39 is 83.9 Å². The summed E-state index contributed by atoms with van der Waals surface area (Å²) in [6.45, 7) is 13.1. The van der Waals surface area contributed by atoms with E-state index in [1.807, 2.05) is 30.3 Å². The van der Waals surface area contributed by atoms with Gasteiger partial charge in [0.15, 0.2) is 35.4 Å². The van der Waals surface area contributed by atoms with Gasteiger partial charge in [-0.05, 0) is 61.0 Å². The van der Waals surface area contributed by atoms with Gasteiger partial charge < -0.3 is 52.5 Å². The second-order valence-electron chi connectivity index (χ2n) is 13.2. The minimum atomic E-state index is -1.18. The lowest BCUT2D eigenvalue weighted by Crippen LogP contribution is -2.48. The zero-order valence-electron chi connectivity index (χ0n) is 26.5. The summed E-state index contributed by atoms with van der Waals surface area (Å²) in [5, 5.41) is 9.90. The fourth-order valence-electron chi connectivity index (χ4n) is 6.03. The Balaban J connectivity index is 1.28. The molecule has 4 aliphatic rings. The average molecular weight is 625 g/mol. The zero-order valence-corrected chi connectivity index (χ0v) is 26.5. The lowest BCUT2D eigenvalue weighted by atomic mass is 10.0. The zero-order chi connectivity index (χ0) is 32.1. The molecule has 0 bridgehead atoms. The van der Waals surface area contributed by atoms with Gasteiger partial charge in [0.1, 0.15) is 49.8 Å². The van der Waals surface area contributed by atoms with E-state index in [9.17, 15) is 14.7 Å². The highest BCUT2D eigenvalue weighted by molar-refractivity contribution is 5.76. The summed E-state index contributed by atoms with van der Waals surface area (Å²) in [6.07, 6.45) is -7.35. The van der Waals surface area contributed by atoms with Gasteiger partial charge >= 0.3 is 11.9 Å². The molecular weight excluding hydrogens is 580 g/mol. The van der Waals surface area contributed by atoms with Gasteiger partial charge in [0.25, 0.3) is 0 Å². The summed E-state index contributed by atoms with van der Waals surface area (Å²) >= 11 is 0. The van der Waals surface area contributed by atoms with E-state index in [4.69, 9.17) is 47.4 Å². The van der Waals surface area contributed by atoms with Crippen LogP contribution in [0.1, 0.15) is 61.0 Å². The number of aliphatic hydroxyl groups is 1. The van der Waals surface area contributed by atoms with Crippen LogP contribution in [-0.2, 0) is 63.6 Å². The standard InChI is InChI=1S/C31H44O13/c1-28(2)37-18(14-32)20(39-28)22-24(43-30(5,6)41-22)27(34)36-16-19-21(40-29(3,4)38-19)23-25(44-31(7,8)42-23)26(33)35-15-17-12-10-9-11-13-17/h9-13,18-25,32H,14-16H2,1-8H3/t18-,19-,20+,21+,22+,23+,24-,25-/m1/s1. The number of ether oxygens (including phenoxy) is 10. The SMILES string of the molecule is CC1(C)O[C@H]([C@@H]2OC(C)(C)O[C@H]2C(=O)OC[C@H]2OC(C)(C)O[C@@H]2[C@@H]2OC(C)(C)O[C@H]2C(=O)OCc2ccccc2)[C@@H](CO)O1. The molecule has 4 fully saturated rings. The van der Waals surface area contributed by atoms with Crippen LogP contribution in [0.15, 0.2) is 30.3 Å². The van der Waals surface area contributed by atoms with Crippen molar-refractivity contribution in [2.75, 3.05) is 13.2 Å². The highest BCUT2D eigenvalue weighted by atomic mass is 16.8. The third-order valence-electron chi connectivity index (χ3n) is 7.61. The van der Waals surface area contributed by atoms with E-state index in [1.54, 1.807) is 55.4 Å². The number of carbonyl (C=O) groups excluding carboxylic acids is 2. The molecule has 246 valence electrons. The van der Waals surface area contributed by atoms with Crippen LogP contribution in [0.5, 0.6) is 0 Å². The molecule has 4 saturated heterocycles. The van der Waals surface area contributed by atoms with Crippen LogP contribution < -0.4 is 0 Å². The molecule has 1 aromatic carbocycles. The summed E-state index contributed by atoms with van der Waals surface area (Å²) < 4.78 is 59.4. The Morgan fingerprint density at radius 1 is 0.614 bits per heavy atom. The quantitative estimate of drug-likeness (QED) is 0.402. The second-order valence-corrected chi connectivity index (χ2v) is 13.2. The van der Waals surface area contributed by atoms with Crippen molar-refractivity contribution in [2.45, 2.75) is 134 Å². The van der Waals surface area contributed by atoms with Crippen molar-refractivity contribution >= 4 is 11.9 Å². The maximum atomic E-state index is 13.5. The van der Waals surface area contributed by atoms with Crippen molar-refractivity contribution in [3.63, 3.8) is 0 Å². The lowest BCUT2D eigenvalue weighted by Gasteiger charge is -2.26. The van der Waals surface area contributed by atoms with Crippen LogP contribution in [0.25, 0.3) is 0 Å². The number of aliphatic hydroxyl groups excluding tert-OH is 1. The fraction of sp³-hybridized carbons (Fsp3) is 0.742. The van der Waals surface area contributed by atoms with Gasteiger partial charge in [0.2, 0.25) is 0 Å². The van der Waals surface area contributed by atoms with Crippen LogP contribution in [0.3, 0.4) is 0 Å². The molecular formula is C31H44O13. The first kappa shape index (κ1) is 33.2. The Kier molecular flexibility index (Phi) is 9.19. The average Bonchev–Trinajstić information content (AvgIpc) is 3.64. The molecule has 0 unspecified atom stereocenters. The number of carbonyl (C=O) groups is 2. The molecule has 0 saturated carbocycles. The van der Waals surface area contributed by atoms with Crippen molar-refractivity contribution < 1.29 is 62.1 Å². The molecule has 13 nitrogen and oxygen atoms in total. The van der Waals surface area contributed by atoms with E-state index >= 15 is 0 Å². The Bertz CT molecular complexity index is 1180. The Morgan fingerprint density at radius 2 is 1.05 bits per heavy atom. The summed E-state index contributed by atoms with van der Waals surface area (Å²) in [5.41, 5.74) is 0.824. The normalized spacial score (nSPS) is 36.8. The largest absolute Gasteiger partial charge is 0.461 e. The van der Waals surface area contributed by atoms with Crippen LogP contribution >= 0.6 is 0 Å². The molecule has 5 rings (SSSR count). The van der Waals surface area contributed by atoms with Crippen molar-refractivity contribution in [3.8, 4) is 0 Å². The number of rotatable bonds is 9. The fourth-order valence-corrected chi connectivity index (χ4v) is 6.03. The molecule has 0 amide bonds. The highest BCUT2D eigenvalue weighted by Gasteiger charge is 2.58. The molecule has 0 radical (unpaired) electrons. The first-order valence-electron chi connectivity index (χ1n) is 14.9. The number of hydrogen-bond acceptors (Lipinski definition) is 13. The van der Waals surface area contributed by atoms with E-state index in [0.717, 1.165) is 5.56 Å². The molecule has 4 aliphatic heterocycles. The van der Waals surface area contributed by atoms with Crippen molar-refractivity contribution in [1.29, 1.82) is 0 Å². The molecule has 1 aromatic rings. The highest BCUT2D eigenvalue weighted by Crippen LogP contribution is 2.41. The minimum Gasteiger partial charge on any atom is -0.461 e. The predicted molar refractivity (Wildman–Crippen MR) is 150 cm³/mol. The molecule has 13 heteroatoms. The van der Waals surface area contributed by atoms with Gasteiger partial charge in [-0.25, -0.2) is 9.59 Å². The topological polar surface area (TPSA) is 147 Å². The number of hydrogen-bond donors (Lipinski definition) is 1. The molecule has 0 aromatic heterocycles. The van der Waals surface area contributed by atoms with E-state index in [1.165, 1.54) is 0 Å². The van der Waals surface area contributed by atoms with Gasteiger partial charge in [-0.3, -0.25) is 0 Å². The van der Waals surface area contributed by atoms with Crippen molar-refractivity contribution in [3.05, 3.63) is 35.9 Å². The maximum absolute atomic E-state index is 13.5. The smallest absolute Gasteiger partial charge is 0.338 e. The third-order valence-corrected chi connectivity index (χ3v) is 7.61. The first-order chi connectivity index (χ1) is 20.5. The third kappa shape index (κ3) is 7.43. The molecule has 0 aliphatic carbocycles. The second kappa shape index (κ2) is 12.2. The van der Waals surface area contributed by atoms with Crippen molar-refractivity contribution in [1.82, 2.24) is 0 Å². The Labute approximate surface area is 257 Å². The van der Waals surface area contributed by atoms with Gasteiger partial charge in [-0.2, -0.15) is 0 Å². The lowest BCUT2D eigenvalue weighted by molar-refractivity contribution is -0.178.